The van der Waals surface area contributed by atoms with Crippen LogP contribution < -0.4 is 14.8 Å². The molecule has 7 heteroatoms. The maximum atomic E-state index is 14.3. The Kier molecular flexibility index (Phi) is 7.29. The highest BCUT2D eigenvalue weighted by Crippen LogP contribution is 2.40. The summed E-state index contributed by atoms with van der Waals surface area (Å²) in [5.74, 6) is 0.881. The topological polar surface area (TPSA) is 60.0 Å². The van der Waals surface area contributed by atoms with Gasteiger partial charge >= 0.3 is 0 Å². The van der Waals surface area contributed by atoms with Crippen molar-refractivity contribution < 1.29 is 23.4 Å². The van der Waals surface area contributed by atoms with Crippen LogP contribution in [0.25, 0.3) is 0 Å². The molecule has 2 aromatic rings. The van der Waals surface area contributed by atoms with Gasteiger partial charge in [-0.2, -0.15) is 0 Å². The highest BCUT2D eigenvalue weighted by molar-refractivity contribution is 5.77. The quantitative estimate of drug-likeness (QED) is 0.717. The zero-order chi connectivity index (χ0) is 21.7. The van der Waals surface area contributed by atoms with Crippen LogP contribution in [0.4, 0.5) is 4.39 Å². The van der Waals surface area contributed by atoms with E-state index in [1.54, 1.807) is 26.4 Å². The van der Waals surface area contributed by atoms with Gasteiger partial charge in [-0.05, 0) is 42.7 Å². The number of benzene rings is 2. The first kappa shape index (κ1) is 22.1. The number of nitrogens with zero attached hydrogens (tertiary/aromatic N) is 1. The van der Waals surface area contributed by atoms with Crippen LogP contribution in [0.2, 0.25) is 0 Å². The Morgan fingerprint density at radius 1 is 1.20 bits per heavy atom. The fourth-order valence-corrected chi connectivity index (χ4v) is 4.14. The summed E-state index contributed by atoms with van der Waals surface area (Å²) >= 11 is 0. The van der Waals surface area contributed by atoms with Crippen molar-refractivity contribution in [2.75, 3.05) is 34.5 Å². The highest BCUT2D eigenvalue weighted by atomic mass is 19.1. The van der Waals surface area contributed by atoms with Crippen LogP contribution in [0.1, 0.15) is 29.7 Å². The third-order valence-electron chi connectivity index (χ3n) is 5.49. The molecular weight excluding hydrogens is 387 g/mol. The van der Waals surface area contributed by atoms with Gasteiger partial charge in [0.1, 0.15) is 12.4 Å². The average molecular weight is 416 g/mol. The second-order valence-corrected chi connectivity index (χ2v) is 7.45. The summed E-state index contributed by atoms with van der Waals surface area (Å²) < 4.78 is 30.3. The first-order chi connectivity index (χ1) is 14.5. The number of halogens is 1. The van der Waals surface area contributed by atoms with E-state index in [2.05, 4.69) is 10.2 Å². The monoisotopic (exact) mass is 416 g/mol. The molecule has 2 atom stereocenters. The van der Waals surface area contributed by atoms with Crippen molar-refractivity contribution in [3.05, 3.63) is 58.9 Å². The van der Waals surface area contributed by atoms with Crippen LogP contribution in [-0.2, 0) is 22.5 Å². The summed E-state index contributed by atoms with van der Waals surface area (Å²) in [6.45, 7) is 3.11. The Morgan fingerprint density at radius 2 is 1.90 bits per heavy atom. The van der Waals surface area contributed by atoms with E-state index in [9.17, 15) is 9.18 Å². The second-order valence-electron chi connectivity index (χ2n) is 7.45. The van der Waals surface area contributed by atoms with E-state index in [1.807, 2.05) is 25.1 Å². The molecule has 1 aliphatic heterocycles. The van der Waals surface area contributed by atoms with Crippen LogP contribution in [-0.4, -0.2) is 51.3 Å². The predicted molar refractivity (Wildman–Crippen MR) is 112 cm³/mol. The lowest BCUT2D eigenvalue weighted by Gasteiger charge is -2.41. The summed E-state index contributed by atoms with van der Waals surface area (Å²) in [6, 6.07) is 10.4. The van der Waals surface area contributed by atoms with Crippen molar-refractivity contribution in [1.29, 1.82) is 0 Å². The minimum Gasteiger partial charge on any atom is -0.493 e. The Balaban J connectivity index is 1.99. The number of hydrogen-bond acceptors (Lipinski definition) is 5. The first-order valence-corrected chi connectivity index (χ1v) is 9.99. The first-order valence-electron chi connectivity index (χ1n) is 9.99. The van der Waals surface area contributed by atoms with Gasteiger partial charge < -0.3 is 19.5 Å². The minimum absolute atomic E-state index is 0.0107. The molecule has 3 rings (SSSR count). The molecule has 0 spiro atoms. The van der Waals surface area contributed by atoms with E-state index >= 15 is 0 Å². The molecule has 0 aliphatic carbocycles. The molecule has 1 N–H and O–H groups in total. The summed E-state index contributed by atoms with van der Waals surface area (Å²) in [7, 11) is 4.70. The molecule has 1 amide bonds. The molecule has 2 aromatic carbocycles. The van der Waals surface area contributed by atoms with Crippen LogP contribution in [0.3, 0.4) is 0 Å². The van der Waals surface area contributed by atoms with Gasteiger partial charge in [0.05, 0.1) is 20.3 Å². The summed E-state index contributed by atoms with van der Waals surface area (Å²) in [4.78, 5) is 14.4. The van der Waals surface area contributed by atoms with Gasteiger partial charge in [0.15, 0.2) is 11.5 Å². The molecule has 1 heterocycles. The number of fused-ring (bicyclic) bond motifs is 1. The van der Waals surface area contributed by atoms with Crippen LogP contribution >= 0.6 is 0 Å². The van der Waals surface area contributed by atoms with E-state index in [0.29, 0.717) is 23.6 Å². The molecule has 6 nitrogen and oxygen atoms in total. The van der Waals surface area contributed by atoms with Crippen molar-refractivity contribution in [2.45, 2.75) is 32.0 Å². The molecule has 2 unspecified atom stereocenters. The Morgan fingerprint density at radius 3 is 2.57 bits per heavy atom. The largest absolute Gasteiger partial charge is 0.493 e. The van der Waals surface area contributed by atoms with E-state index in [4.69, 9.17) is 14.2 Å². The van der Waals surface area contributed by atoms with Gasteiger partial charge in [0.25, 0.3) is 0 Å². The Bertz CT molecular complexity index is 890. The number of carbonyl (C=O) groups excluding carboxylic acids is 1. The van der Waals surface area contributed by atoms with Gasteiger partial charge in [-0.1, -0.05) is 18.2 Å². The van der Waals surface area contributed by atoms with Gasteiger partial charge in [0, 0.05) is 31.8 Å². The number of amides is 1. The normalized spacial score (nSPS) is 17.2. The smallest absolute Gasteiger partial charge is 0.246 e. The lowest BCUT2D eigenvalue weighted by atomic mass is 9.87. The summed E-state index contributed by atoms with van der Waals surface area (Å²) in [6.07, 6.45) is 0.791. The van der Waals surface area contributed by atoms with Gasteiger partial charge in [-0.25, -0.2) is 4.39 Å². The maximum Gasteiger partial charge on any atom is 0.246 e. The van der Waals surface area contributed by atoms with Crippen LogP contribution in [0.15, 0.2) is 36.4 Å². The van der Waals surface area contributed by atoms with Crippen molar-refractivity contribution in [3.63, 3.8) is 0 Å². The third-order valence-corrected chi connectivity index (χ3v) is 5.49. The SMILES string of the molecule is COCC(=O)NC(C)C1c2cc(OC)c(OC)cc2CCN1Cc1ccccc1F. The van der Waals surface area contributed by atoms with Crippen molar-refractivity contribution in [1.82, 2.24) is 10.2 Å². The van der Waals surface area contributed by atoms with E-state index in [-0.39, 0.29) is 30.4 Å². The lowest BCUT2D eigenvalue weighted by Crippen LogP contribution is -2.48. The third kappa shape index (κ3) is 4.74. The number of methoxy groups -OCH3 is 3. The van der Waals surface area contributed by atoms with Gasteiger partial charge in [-0.15, -0.1) is 0 Å². The molecule has 0 saturated heterocycles. The van der Waals surface area contributed by atoms with E-state index in [0.717, 1.165) is 24.1 Å². The fourth-order valence-electron chi connectivity index (χ4n) is 4.14. The van der Waals surface area contributed by atoms with Crippen LogP contribution in [0.5, 0.6) is 11.5 Å². The minimum atomic E-state index is -0.231. The molecular formula is C23H29FN2O4. The number of rotatable bonds is 8. The highest BCUT2D eigenvalue weighted by Gasteiger charge is 2.34. The van der Waals surface area contributed by atoms with Gasteiger partial charge in [-0.3, -0.25) is 9.69 Å². The maximum absolute atomic E-state index is 14.3. The predicted octanol–water partition coefficient (Wildman–Crippen LogP) is 3.09. The van der Waals surface area contributed by atoms with Crippen molar-refractivity contribution in [3.8, 4) is 11.5 Å². The molecule has 30 heavy (non-hydrogen) atoms. The molecule has 1 aliphatic rings. The van der Waals surface area contributed by atoms with Crippen LogP contribution in [0, 0.1) is 5.82 Å². The number of hydrogen-bond donors (Lipinski definition) is 1. The molecule has 0 bridgehead atoms. The molecule has 0 fully saturated rings. The molecule has 0 radical (unpaired) electrons. The van der Waals surface area contributed by atoms with Crippen molar-refractivity contribution >= 4 is 5.91 Å². The Labute approximate surface area is 176 Å². The fraction of sp³-hybridized carbons (Fsp3) is 0.435. The Hall–Kier alpha value is -2.64. The lowest BCUT2D eigenvalue weighted by molar-refractivity contribution is -0.125. The number of nitrogens with one attached hydrogen (secondary N) is 1. The zero-order valence-electron chi connectivity index (χ0n) is 17.9. The molecule has 162 valence electrons. The van der Waals surface area contributed by atoms with Gasteiger partial charge in [0.2, 0.25) is 5.91 Å². The van der Waals surface area contributed by atoms with Crippen molar-refractivity contribution in [2.24, 2.45) is 0 Å². The number of ether oxygens (including phenoxy) is 3. The number of carbonyl (C=O) groups is 1. The van der Waals surface area contributed by atoms with E-state index in [1.165, 1.54) is 13.2 Å². The van der Waals surface area contributed by atoms with E-state index < -0.39 is 0 Å². The molecule has 0 saturated carbocycles. The summed E-state index contributed by atoms with van der Waals surface area (Å²) in [5.41, 5.74) is 2.80. The standard InChI is InChI=1S/C23H29FN2O4/c1-15(25-22(27)14-28-2)23-18-12-21(30-4)20(29-3)11-16(18)9-10-26(23)13-17-7-5-6-8-19(17)24/h5-8,11-12,15,23H,9-10,13-14H2,1-4H3,(H,25,27). The average Bonchev–Trinajstić information content (AvgIpc) is 2.74. The molecule has 0 aromatic heterocycles. The second kappa shape index (κ2) is 9.91. The summed E-state index contributed by atoms with van der Waals surface area (Å²) in [5, 5.41) is 3.02. The zero-order valence-corrected chi connectivity index (χ0v) is 17.9.